The summed E-state index contributed by atoms with van der Waals surface area (Å²) in [5, 5.41) is 1.39. The Hall–Kier alpha value is 0.397. The Balaban J connectivity index is 0.000000810. The molecule has 0 fully saturated rings. The summed E-state index contributed by atoms with van der Waals surface area (Å²) in [4.78, 5) is 0. The minimum absolute atomic E-state index is 0. The van der Waals surface area contributed by atoms with Crippen LogP contribution >= 0.6 is 30.6 Å². The molecule has 0 N–H and O–H groups in total. The van der Waals surface area contributed by atoms with E-state index >= 15 is 0 Å². The van der Waals surface area contributed by atoms with Gasteiger partial charge in [0.15, 0.2) is 0 Å². The monoisotopic (exact) mass is 265 g/mol. The molecule has 0 saturated heterocycles. The highest BCUT2D eigenvalue weighted by Gasteiger charge is 2.00. The molecule has 0 atom stereocenters. The van der Waals surface area contributed by atoms with Crippen molar-refractivity contribution in [3.05, 3.63) is 30.3 Å². The summed E-state index contributed by atoms with van der Waals surface area (Å²) >= 11 is 7.08. The molecule has 1 rings (SSSR count). The third kappa shape index (κ3) is 2.24. The van der Waals surface area contributed by atoms with Crippen LogP contribution in [0, 0.1) is 0 Å². The lowest BCUT2D eigenvalue weighted by molar-refractivity contribution is 1.77. The van der Waals surface area contributed by atoms with Gasteiger partial charge in [0.05, 0.1) is 0 Å². The third-order valence-corrected chi connectivity index (χ3v) is 5.11. The maximum atomic E-state index is 3.54. The Morgan fingerprint density at radius 1 is 1.11 bits per heavy atom. The molecule has 0 aliphatic heterocycles. The third-order valence-electron chi connectivity index (χ3n) is 1.05. The van der Waals surface area contributed by atoms with Gasteiger partial charge >= 0.3 is 1.43 Å². The minimum atomic E-state index is -0.904. The first-order valence-electron chi connectivity index (χ1n) is 2.64. The number of rotatable bonds is 1. The van der Waals surface area contributed by atoms with Crippen molar-refractivity contribution in [3.63, 3.8) is 0 Å². The van der Waals surface area contributed by atoms with E-state index in [9.17, 15) is 0 Å². The van der Waals surface area contributed by atoms with Gasteiger partial charge in [-0.1, -0.05) is 30.3 Å². The van der Waals surface area contributed by atoms with E-state index in [1.807, 2.05) is 6.07 Å². The zero-order valence-corrected chi connectivity index (χ0v) is 9.05. The fraction of sp³-hybridized carbons (Fsp3) is 0. The molecule has 1 aromatic rings. The normalized spacial score (nSPS) is 10.1. The molecule has 0 aliphatic rings. The van der Waals surface area contributed by atoms with E-state index in [0.717, 1.165) is 0 Å². The van der Waals surface area contributed by atoms with E-state index in [0.29, 0.717) is 0 Å². The lowest BCUT2D eigenvalue weighted by Gasteiger charge is -1.96. The molecule has 0 radical (unpaired) electrons. The Morgan fingerprint density at radius 3 is 2.00 bits per heavy atom. The first-order valence-corrected chi connectivity index (χ1v) is 9.58. The highest BCUT2D eigenvalue weighted by atomic mass is 79.9. The Labute approximate surface area is 73.5 Å². The molecule has 48 valence electrons. The standard InChI is InChI=1S/C6H6Br2Si/c7-9(8)6-4-2-1-3-5-6/h1-5,9H/p+1. The van der Waals surface area contributed by atoms with Crippen LogP contribution in [0.1, 0.15) is 1.43 Å². The van der Waals surface area contributed by atoms with Gasteiger partial charge in [-0.3, -0.25) is 0 Å². The zero-order valence-electron chi connectivity index (χ0n) is 5.72. The highest BCUT2D eigenvalue weighted by molar-refractivity contribution is 9.49. The summed E-state index contributed by atoms with van der Waals surface area (Å²) in [6.45, 7) is 0. The Kier molecular flexibility index (Phi) is 2.95. The fourth-order valence-electron chi connectivity index (χ4n) is 0.599. The second kappa shape index (κ2) is 3.54. The van der Waals surface area contributed by atoms with Crippen molar-refractivity contribution in [1.82, 2.24) is 0 Å². The van der Waals surface area contributed by atoms with E-state index in [1.165, 1.54) is 5.19 Å². The van der Waals surface area contributed by atoms with Crippen LogP contribution in [-0.2, 0) is 0 Å². The molecule has 0 unspecified atom stereocenters. The van der Waals surface area contributed by atoms with E-state index in [4.69, 9.17) is 0 Å². The fourth-order valence-corrected chi connectivity index (χ4v) is 2.94. The van der Waals surface area contributed by atoms with Gasteiger partial charge in [0.1, 0.15) is 0 Å². The molecule has 0 aliphatic carbocycles. The summed E-state index contributed by atoms with van der Waals surface area (Å²) in [7, 11) is 0. The van der Waals surface area contributed by atoms with Crippen LogP contribution < -0.4 is 5.19 Å². The lowest BCUT2D eigenvalue weighted by Crippen LogP contribution is -2.15. The molecular formula is C6H7Br2Si+. The maximum Gasteiger partial charge on any atom is 1.00 e. The molecule has 0 amide bonds. The largest absolute Gasteiger partial charge is 1.00 e. The molecule has 1 aromatic carbocycles. The average molecular weight is 267 g/mol. The van der Waals surface area contributed by atoms with Gasteiger partial charge in [0.25, 0.3) is 0 Å². The van der Waals surface area contributed by atoms with Crippen LogP contribution in [0.3, 0.4) is 0 Å². The van der Waals surface area contributed by atoms with Crippen molar-refractivity contribution < 1.29 is 1.43 Å². The van der Waals surface area contributed by atoms with Gasteiger partial charge < -0.3 is 0 Å². The second-order valence-corrected chi connectivity index (χ2v) is 12.2. The molecule has 0 bridgehead atoms. The maximum absolute atomic E-state index is 3.54. The van der Waals surface area contributed by atoms with E-state index < -0.39 is 6.04 Å². The van der Waals surface area contributed by atoms with E-state index in [-0.39, 0.29) is 1.43 Å². The Morgan fingerprint density at radius 2 is 1.67 bits per heavy atom. The number of hydrogen-bond acceptors (Lipinski definition) is 0. The molecule has 0 heterocycles. The first kappa shape index (κ1) is 7.50. The average Bonchev–Trinajstić information content (AvgIpc) is 1.90. The van der Waals surface area contributed by atoms with Gasteiger partial charge in [0, 0.05) is 0 Å². The SMILES string of the molecule is Br[SiH](Br)c1ccccc1.[H+]. The topological polar surface area (TPSA) is 0 Å². The summed E-state index contributed by atoms with van der Waals surface area (Å²) < 4.78 is 0. The van der Waals surface area contributed by atoms with Crippen LogP contribution in [0.2, 0.25) is 0 Å². The molecule has 0 spiro atoms. The molecule has 0 nitrogen and oxygen atoms in total. The van der Waals surface area contributed by atoms with Crippen molar-refractivity contribution in [1.29, 1.82) is 0 Å². The van der Waals surface area contributed by atoms with Crippen LogP contribution in [0.15, 0.2) is 30.3 Å². The van der Waals surface area contributed by atoms with Crippen LogP contribution in [0.5, 0.6) is 0 Å². The second-order valence-electron chi connectivity index (χ2n) is 1.71. The number of halogens is 2. The summed E-state index contributed by atoms with van der Waals surface area (Å²) in [6.07, 6.45) is 0. The van der Waals surface area contributed by atoms with Crippen LogP contribution in [-0.4, -0.2) is 6.04 Å². The van der Waals surface area contributed by atoms with Gasteiger partial charge in [-0.2, -0.15) is 0 Å². The summed E-state index contributed by atoms with van der Waals surface area (Å²) in [5.74, 6) is 0. The first-order chi connectivity index (χ1) is 4.30. The minimum Gasteiger partial charge on any atom is -0.109 e. The van der Waals surface area contributed by atoms with Crippen molar-refractivity contribution in [2.45, 2.75) is 0 Å². The van der Waals surface area contributed by atoms with Crippen molar-refractivity contribution in [2.75, 3.05) is 0 Å². The Bertz CT molecular complexity index is 178. The summed E-state index contributed by atoms with van der Waals surface area (Å²) in [6, 6.07) is 9.48. The predicted octanol–water partition coefficient (Wildman–Crippen LogP) is 2.02. The molecule has 9 heavy (non-hydrogen) atoms. The van der Waals surface area contributed by atoms with Crippen molar-refractivity contribution >= 4 is 41.8 Å². The van der Waals surface area contributed by atoms with Crippen LogP contribution in [0.25, 0.3) is 0 Å². The molecule has 0 saturated carbocycles. The van der Waals surface area contributed by atoms with E-state index in [1.54, 1.807) is 0 Å². The smallest absolute Gasteiger partial charge is 0.109 e. The molecule has 0 aromatic heterocycles. The number of benzene rings is 1. The molecular weight excluding hydrogens is 260 g/mol. The zero-order chi connectivity index (χ0) is 6.69. The highest BCUT2D eigenvalue weighted by Crippen LogP contribution is 2.01. The van der Waals surface area contributed by atoms with Crippen LogP contribution in [0.4, 0.5) is 0 Å². The predicted molar refractivity (Wildman–Crippen MR) is 52.2 cm³/mol. The van der Waals surface area contributed by atoms with Gasteiger partial charge in [-0.05, 0) is 5.19 Å². The van der Waals surface area contributed by atoms with Crippen molar-refractivity contribution in [3.8, 4) is 0 Å². The van der Waals surface area contributed by atoms with E-state index in [2.05, 4.69) is 54.9 Å². The molecule has 3 heteroatoms. The number of hydrogen-bond donors (Lipinski definition) is 0. The van der Waals surface area contributed by atoms with Gasteiger partial charge in [-0.25, -0.2) is 0 Å². The van der Waals surface area contributed by atoms with Crippen molar-refractivity contribution in [2.24, 2.45) is 0 Å². The lowest BCUT2D eigenvalue weighted by atomic mass is 10.4. The quantitative estimate of drug-likeness (QED) is 0.539. The summed E-state index contributed by atoms with van der Waals surface area (Å²) in [5.41, 5.74) is 0. The van der Waals surface area contributed by atoms with Gasteiger partial charge in [0.2, 0.25) is 6.04 Å². The van der Waals surface area contributed by atoms with Gasteiger partial charge in [-0.15, -0.1) is 30.6 Å².